The number of hydrogen-bond donors (Lipinski definition) is 2. The third-order valence-corrected chi connectivity index (χ3v) is 3.66. The van der Waals surface area contributed by atoms with Gasteiger partial charge in [0.1, 0.15) is 0 Å². The van der Waals surface area contributed by atoms with Crippen molar-refractivity contribution in [1.29, 1.82) is 0 Å². The minimum atomic E-state index is 0.428. The fourth-order valence-corrected chi connectivity index (χ4v) is 2.72. The van der Waals surface area contributed by atoms with Crippen molar-refractivity contribution in [2.24, 2.45) is 0 Å². The Labute approximate surface area is 107 Å². The summed E-state index contributed by atoms with van der Waals surface area (Å²) in [6.07, 6.45) is 9.20. The van der Waals surface area contributed by atoms with Gasteiger partial charge < -0.3 is 10.3 Å². The monoisotopic (exact) mass is 245 g/mol. The topological polar surface area (TPSA) is 58.5 Å². The highest BCUT2D eigenvalue weighted by Crippen LogP contribution is 2.29. The van der Waals surface area contributed by atoms with Crippen molar-refractivity contribution >= 4 is 0 Å². The van der Waals surface area contributed by atoms with E-state index < -0.39 is 0 Å². The van der Waals surface area contributed by atoms with Gasteiger partial charge in [-0.15, -0.1) is 0 Å². The summed E-state index contributed by atoms with van der Waals surface area (Å²) in [5.41, 5.74) is 3.92. The van der Waals surface area contributed by atoms with Gasteiger partial charge in [-0.05, 0) is 26.2 Å². The molecule has 0 bridgehead atoms. The fourth-order valence-electron chi connectivity index (χ4n) is 2.72. The molecule has 1 atom stereocenters. The summed E-state index contributed by atoms with van der Waals surface area (Å²) in [6.45, 7) is 3.94. The number of rotatable bonds is 4. The maximum atomic E-state index is 4.47. The summed E-state index contributed by atoms with van der Waals surface area (Å²) in [4.78, 5) is 7.16. The van der Waals surface area contributed by atoms with E-state index in [0.717, 1.165) is 25.2 Å². The maximum absolute atomic E-state index is 4.47. The molecule has 0 radical (unpaired) electrons. The van der Waals surface area contributed by atoms with E-state index in [-0.39, 0.29) is 0 Å². The van der Waals surface area contributed by atoms with Gasteiger partial charge in [-0.1, -0.05) is 0 Å². The number of nitrogens with one attached hydrogen (secondary N) is 2. The molecule has 0 aromatic carbocycles. The van der Waals surface area contributed by atoms with Crippen molar-refractivity contribution in [1.82, 2.24) is 25.1 Å². The lowest BCUT2D eigenvalue weighted by atomic mass is 9.93. The molecule has 0 saturated carbocycles. The molecular weight excluding hydrogens is 226 g/mol. The molecule has 2 heterocycles. The average molecular weight is 245 g/mol. The summed E-state index contributed by atoms with van der Waals surface area (Å²) in [7, 11) is 0. The molecule has 5 heteroatoms. The predicted molar refractivity (Wildman–Crippen MR) is 69.0 cm³/mol. The predicted octanol–water partition coefficient (Wildman–Crippen LogP) is 1.79. The van der Waals surface area contributed by atoms with E-state index in [1.54, 1.807) is 6.33 Å². The number of aromatic nitrogens is 4. The molecule has 1 unspecified atom stereocenters. The number of imidazole rings is 1. The van der Waals surface area contributed by atoms with Crippen LogP contribution in [0.4, 0.5) is 0 Å². The molecule has 2 aromatic rings. The molecule has 1 aliphatic carbocycles. The molecule has 18 heavy (non-hydrogen) atoms. The highest BCUT2D eigenvalue weighted by Gasteiger charge is 2.23. The molecule has 3 rings (SSSR count). The van der Waals surface area contributed by atoms with Crippen LogP contribution in [-0.4, -0.2) is 19.7 Å². The first kappa shape index (κ1) is 11.5. The van der Waals surface area contributed by atoms with E-state index in [1.165, 1.54) is 24.1 Å². The average Bonchev–Trinajstić information content (AvgIpc) is 3.05. The van der Waals surface area contributed by atoms with Gasteiger partial charge in [-0.3, -0.25) is 4.68 Å². The standard InChI is InChI=1S/C13H19N5/c1-2-18-13-5-3-4-12(11(13)8-17-18)15-7-10-6-14-9-16-10/h6,8-9,12,15H,2-5,7H2,1H3,(H,14,16). The second-order valence-electron chi connectivity index (χ2n) is 4.76. The first-order valence-electron chi connectivity index (χ1n) is 6.63. The van der Waals surface area contributed by atoms with Crippen molar-refractivity contribution in [2.75, 3.05) is 0 Å². The Kier molecular flexibility index (Phi) is 3.15. The van der Waals surface area contributed by atoms with E-state index in [2.05, 4.69) is 32.0 Å². The summed E-state index contributed by atoms with van der Waals surface area (Å²) in [5.74, 6) is 0. The van der Waals surface area contributed by atoms with Crippen LogP contribution in [0.25, 0.3) is 0 Å². The van der Waals surface area contributed by atoms with Crippen molar-refractivity contribution in [3.63, 3.8) is 0 Å². The Bertz CT molecular complexity index is 499. The molecule has 0 fully saturated rings. The zero-order valence-electron chi connectivity index (χ0n) is 10.7. The Morgan fingerprint density at radius 2 is 2.44 bits per heavy atom. The van der Waals surface area contributed by atoms with Crippen molar-refractivity contribution in [2.45, 2.75) is 45.3 Å². The molecule has 0 spiro atoms. The first-order valence-corrected chi connectivity index (χ1v) is 6.63. The van der Waals surface area contributed by atoms with Crippen LogP contribution < -0.4 is 5.32 Å². The van der Waals surface area contributed by atoms with E-state index in [0.29, 0.717) is 6.04 Å². The van der Waals surface area contributed by atoms with Gasteiger partial charge in [0.25, 0.3) is 0 Å². The highest BCUT2D eigenvalue weighted by molar-refractivity contribution is 5.25. The quantitative estimate of drug-likeness (QED) is 0.863. The van der Waals surface area contributed by atoms with E-state index in [1.807, 2.05) is 12.4 Å². The zero-order chi connectivity index (χ0) is 12.4. The van der Waals surface area contributed by atoms with Gasteiger partial charge in [0.2, 0.25) is 0 Å². The summed E-state index contributed by atoms with van der Waals surface area (Å²) >= 11 is 0. The third-order valence-electron chi connectivity index (χ3n) is 3.66. The lowest BCUT2D eigenvalue weighted by molar-refractivity contribution is 0.446. The normalized spacial score (nSPS) is 18.8. The van der Waals surface area contributed by atoms with Crippen LogP contribution in [0.5, 0.6) is 0 Å². The van der Waals surface area contributed by atoms with Gasteiger partial charge >= 0.3 is 0 Å². The summed E-state index contributed by atoms with van der Waals surface area (Å²) < 4.78 is 2.12. The van der Waals surface area contributed by atoms with Crippen LogP contribution in [-0.2, 0) is 19.5 Å². The first-order chi connectivity index (χ1) is 8.88. The van der Waals surface area contributed by atoms with Gasteiger partial charge in [-0.2, -0.15) is 5.10 Å². The Morgan fingerprint density at radius 1 is 1.50 bits per heavy atom. The van der Waals surface area contributed by atoms with E-state index in [9.17, 15) is 0 Å². The van der Waals surface area contributed by atoms with Crippen molar-refractivity contribution in [3.8, 4) is 0 Å². The molecule has 0 aliphatic heterocycles. The van der Waals surface area contributed by atoms with Gasteiger partial charge in [0.15, 0.2) is 0 Å². The molecule has 0 amide bonds. The van der Waals surface area contributed by atoms with Crippen LogP contribution in [0.15, 0.2) is 18.7 Å². The van der Waals surface area contributed by atoms with Crippen LogP contribution in [0.1, 0.15) is 42.8 Å². The third kappa shape index (κ3) is 2.06. The number of fused-ring (bicyclic) bond motifs is 1. The Balaban J connectivity index is 1.73. The fraction of sp³-hybridized carbons (Fsp3) is 0.538. The number of aryl methyl sites for hydroxylation is 1. The molecule has 5 nitrogen and oxygen atoms in total. The molecule has 96 valence electrons. The van der Waals surface area contributed by atoms with Crippen LogP contribution in [0.3, 0.4) is 0 Å². The Morgan fingerprint density at radius 3 is 3.22 bits per heavy atom. The van der Waals surface area contributed by atoms with Crippen molar-refractivity contribution in [3.05, 3.63) is 35.7 Å². The molecule has 0 saturated heterocycles. The van der Waals surface area contributed by atoms with Crippen LogP contribution in [0.2, 0.25) is 0 Å². The second kappa shape index (κ2) is 4.94. The zero-order valence-corrected chi connectivity index (χ0v) is 10.7. The SMILES string of the molecule is CCn1ncc2c1CCCC2NCc1cnc[nH]1. The highest BCUT2D eigenvalue weighted by atomic mass is 15.3. The van der Waals surface area contributed by atoms with E-state index >= 15 is 0 Å². The number of H-pyrrole nitrogens is 1. The lowest BCUT2D eigenvalue weighted by Gasteiger charge is -2.24. The lowest BCUT2D eigenvalue weighted by Crippen LogP contribution is -2.25. The minimum Gasteiger partial charge on any atom is -0.347 e. The molecule has 1 aliphatic rings. The van der Waals surface area contributed by atoms with Gasteiger partial charge in [0, 0.05) is 42.3 Å². The minimum absolute atomic E-state index is 0.428. The number of aromatic amines is 1. The largest absolute Gasteiger partial charge is 0.347 e. The summed E-state index contributed by atoms with van der Waals surface area (Å²) in [5, 5.41) is 8.06. The smallest absolute Gasteiger partial charge is 0.0922 e. The molecule has 2 N–H and O–H groups in total. The number of hydrogen-bond acceptors (Lipinski definition) is 3. The molecule has 2 aromatic heterocycles. The maximum Gasteiger partial charge on any atom is 0.0922 e. The summed E-state index contributed by atoms with van der Waals surface area (Å²) in [6, 6.07) is 0.428. The van der Waals surface area contributed by atoms with Gasteiger partial charge in [0.05, 0.1) is 12.5 Å². The van der Waals surface area contributed by atoms with Gasteiger partial charge in [-0.25, -0.2) is 4.98 Å². The Hall–Kier alpha value is -1.62. The number of nitrogens with zero attached hydrogens (tertiary/aromatic N) is 3. The van der Waals surface area contributed by atoms with E-state index in [4.69, 9.17) is 0 Å². The van der Waals surface area contributed by atoms with Crippen LogP contribution in [0, 0.1) is 0 Å². The van der Waals surface area contributed by atoms with Crippen molar-refractivity contribution < 1.29 is 0 Å². The van der Waals surface area contributed by atoms with Crippen LogP contribution >= 0.6 is 0 Å². The molecular formula is C13H19N5. The second-order valence-corrected chi connectivity index (χ2v) is 4.76.